The summed E-state index contributed by atoms with van der Waals surface area (Å²) in [6.07, 6.45) is 2.80. The number of nitrogens with one attached hydrogen (secondary N) is 1. The number of amides is 2. The molecular weight excluding hydrogens is 318 g/mol. The minimum absolute atomic E-state index is 0. The van der Waals surface area contributed by atoms with Crippen molar-refractivity contribution in [2.75, 3.05) is 52.5 Å². The molecule has 0 radical (unpaired) electrons. The molecular formula is C16H30ClN3O3. The third-order valence-electron chi connectivity index (χ3n) is 4.57. The topological polar surface area (TPSA) is 61.9 Å². The van der Waals surface area contributed by atoms with E-state index in [4.69, 9.17) is 4.74 Å². The monoisotopic (exact) mass is 347 g/mol. The predicted molar refractivity (Wildman–Crippen MR) is 91.7 cm³/mol. The molecule has 6 nitrogen and oxygen atoms in total. The number of likely N-dealkylation sites (tertiary alicyclic amines) is 1. The molecule has 2 rings (SSSR count). The van der Waals surface area contributed by atoms with E-state index in [1.165, 1.54) is 0 Å². The van der Waals surface area contributed by atoms with Gasteiger partial charge in [0.25, 0.3) is 0 Å². The van der Waals surface area contributed by atoms with Crippen molar-refractivity contribution in [1.29, 1.82) is 0 Å². The van der Waals surface area contributed by atoms with Crippen LogP contribution in [0.25, 0.3) is 0 Å². The molecule has 7 heteroatoms. The Morgan fingerprint density at radius 1 is 1.00 bits per heavy atom. The van der Waals surface area contributed by atoms with Crippen molar-refractivity contribution in [3.8, 4) is 0 Å². The fourth-order valence-electron chi connectivity index (χ4n) is 3.08. The van der Waals surface area contributed by atoms with Crippen LogP contribution in [0.1, 0.15) is 32.6 Å². The van der Waals surface area contributed by atoms with Gasteiger partial charge in [-0.3, -0.25) is 9.59 Å². The molecule has 0 bridgehead atoms. The fourth-order valence-corrected chi connectivity index (χ4v) is 3.08. The molecule has 2 saturated heterocycles. The first kappa shape index (κ1) is 20.2. The SMILES string of the molecule is CCNCC1CCN(C(=O)CCC(=O)N2CCOCC2)CC1.Cl. The van der Waals surface area contributed by atoms with E-state index in [0.29, 0.717) is 45.1 Å². The number of carbonyl (C=O) groups is 2. The van der Waals surface area contributed by atoms with Crippen molar-refractivity contribution >= 4 is 24.2 Å². The molecule has 2 fully saturated rings. The van der Waals surface area contributed by atoms with E-state index in [9.17, 15) is 9.59 Å². The maximum absolute atomic E-state index is 12.2. The van der Waals surface area contributed by atoms with Gasteiger partial charge >= 0.3 is 0 Å². The minimum atomic E-state index is 0. The summed E-state index contributed by atoms with van der Waals surface area (Å²) in [5.41, 5.74) is 0. The van der Waals surface area contributed by atoms with Crippen molar-refractivity contribution in [2.45, 2.75) is 32.6 Å². The van der Waals surface area contributed by atoms with Gasteiger partial charge in [0.1, 0.15) is 0 Å². The highest BCUT2D eigenvalue weighted by molar-refractivity contribution is 5.85. The Hall–Kier alpha value is -0.850. The lowest BCUT2D eigenvalue weighted by Crippen LogP contribution is -2.43. The van der Waals surface area contributed by atoms with Crippen LogP contribution in [0, 0.1) is 5.92 Å². The predicted octanol–water partition coefficient (Wildman–Crippen LogP) is 0.895. The van der Waals surface area contributed by atoms with Gasteiger partial charge in [0.05, 0.1) is 13.2 Å². The van der Waals surface area contributed by atoms with Crippen LogP contribution in [0.4, 0.5) is 0 Å². The molecule has 2 aliphatic heterocycles. The Kier molecular flexibility index (Phi) is 9.52. The third kappa shape index (κ3) is 6.65. The van der Waals surface area contributed by atoms with Crippen LogP contribution in [-0.2, 0) is 14.3 Å². The molecule has 1 N–H and O–H groups in total. The molecule has 0 atom stereocenters. The molecule has 0 aromatic heterocycles. The Balaban J connectivity index is 0.00000264. The number of rotatable bonds is 6. The zero-order valence-electron chi connectivity index (χ0n) is 14.1. The molecule has 2 amide bonds. The number of carbonyl (C=O) groups excluding carboxylic acids is 2. The first-order valence-corrected chi connectivity index (χ1v) is 8.54. The lowest BCUT2D eigenvalue weighted by molar-refractivity contribution is -0.140. The van der Waals surface area contributed by atoms with Crippen LogP contribution in [0.5, 0.6) is 0 Å². The number of halogens is 1. The van der Waals surface area contributed by atoms with Gasteiger partial charge in [-0.25, -0.2) is 0 Å². The van der Waals surface area contributed by atoms with Crippen molar-refractivity contribution in [1.82, 2.24) is 15.1 Å². The van der Waals surface area contributed by atoms with E-state index in [1.807, 2.05) is 4.90 Å². The van der Waals surface area contributed by atoms with Gasteiger partial charge < -0.3 is 19.9 Å². The number of nitrogens with zero attached hydrogens (tertiary/aromatic N) is 2. The normalized spacial score (nSPS) is 19.3. The fraction of sp³-hybridized carbons (Fsp3) is 0.875. The van der Waals surface area contributed by atoms with E-state index < -0.39 is 0 Å². The Labute approximate surface area is 145 Å². The number of hydrogen-bond acceptors (Lipinski definition) is 4. The van der Waals surface area contributed by atoms with E-state index in [2.05, 4.69) is 12.2 Å². The van der Waals surface area contributed by atoms with E-state index >= 15 is 0 Å². The average Bonchev–Trinajstić information content (AvgIpc) is 2.58. The summed E-state index contributed by atoms with van der Waals surface area (Å²) in [4.78, 5) is 28.0. The number of hydrogen-bond donors (Lipinski definition) is 1. The molecule has 0 aromatic rings. The molecule has 0 spiro atoms. The molecule has 2 heterocycles. The molecule has 0 aliphatic carbocycles. The quantitative estimate of drug-likeness (QED) is 0.775. The van der Waals surface area contributed by atoms with Gasteiger partial charge in [0, 0.05) is 39.0 Å². The van der Waals surface area contributed by atoms with Gasteiger partial charge in [-0.05, 0) is 31.8 Å². The highest BCUT2D eigenvalue weighted by atomic mass is 35.5. The summed E-state index contributed by atoms with van der Waals surface area (Å²) in [5.74, 6) is 0.890. The molecule has 0 aromatic carbocycles. The van der Waals surface area contributed by atoms with Crippen molar-refractivity contribution < 1.29 is 14.3 Å². The highest BCUT2D eigenvalue weighted by Gasteiger charge is 2.24. The first-order chi connectivity index (χ1) is 10.7. The largest absolute Gasteiger partial charge is 0.378 e. The number of morpholine rings is 1. The Bertz CT molecular complexity index is 368. The van der Waals surface area contributed by atoms with Gasteiger partial charge in [-0.2, -0.15) is 0 Å². The second-order valence-electron chi connectivity index (χ2n) is 6.12. The van der Waals surface area contributed by atoms with Crippen molar-refractivity contribution in [3.05, 3.63) is 0 Å². The summed E-state index contributed by atoms with van der Waals surface area (Å²) >= 11 is 0. The van der Waals surface area contributed by atoms with Gasteiger partial charge in [0.15, 0.2) is 0 Å². The molecule has 134 valence electrons. The summed E-state index contributed by atoms with van der Waals surface area (Å²) in [6.45, 7) is 8.37. The average molecular weight is 348 g/mol. The zero-order valence-corrected chi connectivity index (χ0v) is 14.9. The van der Waals surface area contributed by atoms with Crippen LogP contribution in [0.2, 0.25) is 0 Å². The first-order valence-electron chi connectivity index (χ1n) is 8.54. The van der Waals surface area contributed by atoms with Gasteiger partial charge in [0.2, 0.25) is 11.8 Å². The van der Waals surface area contributed by atoms with Gasteiger partial charge in [-0.15, -0.1) is 12.4 Å². The smallest absolute Gasteiger partial charge is 0.223 e. The summed E-state index contributed by atoms with van der Waals surface area (Å²) in [5, 5.41) is 3.37. The number of ether oxygens (including phenoxy) is 1. The lowest BCUT2D eigenvalue weighted by Gasteiger charge is -2.32. The van der Waals surface area contributed by atoms with Crippen LogP contribution in [0.15, 0.2) is 0 Å². The minimum Gasteiger partial charge on any atom is -0.378 e. The van der Waals surface area contributed by atoms with Crippen LogP contribution in [0.3, 0.4) is 0 Å². The molecule has 0 unspecified atom stereocenters. The third-order valence-corrected chi connectivity index (χ3v) is 4.57. The highest BCUT2D eigenvalue weighted by Crippen LogP contribution is 2.17. The van der Waals surface area contributed by atoms with E-state index in [-0.39, 0.29) is 24.2 Å². The molecule has 23 heavy (non-hydrogen) atoms. The summed E-state index contributed by atoms with van der Waals surface area (Å²) in [7, 11) is 0. The lowest BCUT2D eigenvalue weighted by atomic mass is 9.96. The van der Waals surface area contributed by atoms with Crippen LogP contribution >= 0.6 is 12.4 Å². The summed E-state index contributed by atoms with van der Waals surface area (Å²) in [6, 6.07) is 0. The van der Waals surface area contributed by atoms with Crippen LogP contribution < -0.4 is 5.32 Å². The van der Waals surface area contributed by atoms with Crippen molar-refractivity contribution in [3.63, 3.8) is 0 Å². The second-order valence-corrected chi connectivity index (χ2v) is 6.12. The number of piperidine rings is 1. The standard InChI is InChI=1S/C16H29N3O3.ClH/c1-2-17-13-14-5-7-18(8-6-14)15(20)3-4-16(21)19-9-11-22-12-10-19;/h14,17H,2-13H2,1H3;1H. The Morgan fingerprint density at radius 3 is 2.04 bits per heavy atom. The Morgan fingerprint density at radius 2 is 1.52 bits per heavy atom. The maximum atomic E-state index is 12.2. The maximum Gasteiger partial charge on any atom is 0.223 e. The van der Waals surface area contributed by atoms with Crippen molar-refractivity contribution in [2.24, 2.45) is 5.92 Å². The molecule has 2 aliphatic rings. The summed E-state index contributed by atoms with van der Waals surface area (Å²) < 4.78 is 5.23. The van der Waals surface area contributed by atoms with E-state index in [0.717, 1.165) is 39.0 Å². The van der Waals surface area contributed by atoms with E-state index in [1.54, 1.807) is 4.90 Å². The second kappa shape index (κ2) is 10.8. The van der Waals surface area contributed by atoms with Crippen LogP contribution in [-0.4, -0.2) is 74.1 Å². The zero-order chi connectivity index (χ0) is 15.8. The van der Waals surface area contributed by atoms with Gasteiger partial charge in [-0.1, -0.05) is 6.92 Å². The molecule has 0 saturated carbocycles.